The molecule has 106 valence electrons. The van der Waals surface area contributed by atoms with E-state index in [4.69, 9.17) is 0 Å². The molecule has 5 heteroatoms. The van der Waals surface area contributed by atoms with Gasteiger partial charge in [0, 0.05) is 19.1 Å². The Hall–Kier alpha value is -1.20. The number of nitrogens with one attached hydrogen (secondary N) is 1. The van der Waals surface area contributed by atoms with Crippen LogP contribution in [0.15, 0.2) is 17.8 Å². The highest BCUT2D eigenvalue weighted by molar-refractivity contribution is 7.16. The van der Waals surface area contributed by atoms with Crippen molar-refractivity contribution in [1.29, 1.82) is 0 Å². The molecule has 0 bridgehead atoms. The van der Waals surface area contributed by atoms with E-state index in [2.05, 4.69) is 31.6 Å². The molecule has 1 aliphatic carbocycles. The molecule has 4 rings (SSSR count). The topological polar surface area (TPSA) is 41.1 Å². The quantitative estimate of drug-likeness (QED) is 0.939. The Morgan fingerprint density at radius 3 is 2.85 bits per heavy atom. The smallest absolute Gasteiger partial charge is 0.140 e. The van der Waals surface area contributed by atoms with Crippen LogP contribution in [0.3, 0.4) is 0 Å². The van der Waals surface area contributed by atoms with Gasteiger partial charge in [0.25, 0.3) is 0 Å². The Labute approximate surface area is 123 Å². The van der Waals surface area contributed by atoms with Crippen molar-refractivity contribution < 1.29 is 0 Å². The molecular formula is C15H20N4S. The van der Waals surface area contributed by atoms with Gasteiger partial charge in [-0.1, -0.05) is 0 Å². The van der Waals surface area contributed by atoms with Gasteiger partial charge in [-0.2, -0.15) is 0 Å². The van der Waals surface area contributed by atoms with Crippen molar-refractivity contribution in [2.24, 2.45) is 5.92 Å². The van der Waals surface area contributed by atoms with Crippen molar-refractivity contribution in [2.75, 3.05) is 24.5 Å². The van der Waals surface area contributed by atoms with Crippen LogP contribution in [0.2, 0.25) is 0 Å². The molecule has 0 atom stereocenters. The first kappa shape index (κ1) is 12.5. The minimum absolute atomic E-state index is 0.701. The fourth-order valence-electron chi connectivity index (χ4n) is 2.98. The van der Waals surface area contributed by atoms with Crippen molar-refractivity contribution in [3.8, 4) is 0 Å². The van der Waals surface area contributed by atoms with Crippen molar-refractivity contribution in [3.63, 3.8) is 0 Å². The van der Waals surface area contributed by atoms with Gasteiger partial charge in [-0.05, 0) is 49.6 Å². The summed E-state index contributed by atoms with van der Waals surface area (Å²) >= 11 is 1.69. The molecule has 2 aliphatic rings. The van der Waals surface area contributed by atoms with Gasteiger partial charge in [-0.15, -0.1) is 11.3 Å². The predicted molar refractivity (Wildman–Crippen MR) is 83.4 cm³/mol. The molecule has 2 fully saturated rings. The monoisotopic (exact) mass is 288 g/mol. The van der Waals surface area contributed by atoms with Gasteiger partial charge in [0.15, 0.2) is 0 Å². The summed E-state index contributed by atoms with van der Waals surface area (Å²) in [4.78, 5) is 12.4. The van der Waals surface area contributed by atoms with E-state index in [0.717, 1.165) is 29.7 Å². The third-order valence-electron chi connectivity index (χ3n) is 4.43. The zero-order valence-electron chi connectivity index (χ0n) is 11.6. The number of fused-ring (bicyclic) bond motifs is 1. The highest BCUT2D eigenvalue weighted by Crippen LogP contribution is 2.30. The van der Waals surface area contributed by atoms with Crippen molar-refractivity contribution in [3.05, 3.63) is 17.8 Å². The number of thiophene rings is 1. The van der Waals surface area contributed by atoms with E-state index in [9.17, 15) is 0 Å². The maximum Gasteiger partial charge on any atom is 0.140 e. The highest BCUT2D eigenvalue weighted by Gasteiger charge is 2.25. The Kier molecular flexibility index (Phi) is 3.32. The lowest BCUT2D eigenvalue weighted by atomic mass is 10.0. The molecule has 0 spiro atoms. The molecular weight excluding hydrogens is 268 g/mol. The number of piperidine rings is 1. The van der Waals surface area contributed by atoms with Gasteiger partial charge in [-0.25, -0.2) is 9.97 Å². The van der Waals surface area contributed by atoms with E-state index in [-0.39, 0.29) is 0 Å². The third kappa shape index (κ3) is 2.52. The van der Waals surface area contributed by atoms with E-state index in [1.165, 1.54) is 37.6 Å². The Morgan fingerprint density at radius 1 is 1.20 bits per heavy atom. The molecule has 0 aromatic carbocycles. The van der Waals surface area contributed by atoms with Crippen LogP contribution in [0, 0.1) is 5.92 Å². The summed E-state index contributed by atoms with van der Waals surface area (Å²) in [5.74, 6) is 2.09. The van der Waals surface area contributed by atoms with E-state index in [1.54, 1.807) is 17.7 Å². The Bertz CT molecular complexity index is 584. The average molecular weight is 288 g/mol. The van der Waals surface area contributed by atoms with Crippen LogP contribution < -0.4 is 10.2 Å². The van der Waals surface area contributed by atoms with E-state index < -0.39 is 0 Å². The van der Waals surface area contributed by atoms with Crippen LogP contribution in [0.5, 0.6) is 0 Å². The van der Waals surface area contributed by atoms with Gasteiger partial charge >= 0.3 is 0 Å². The fraction of sp³-hybridized carbons (Fsp3) is 0.600. The SMILES string of the molecule is c1nc(N2CCC(NCC3CC3)CC2)c2ccsc2n1. The first-order chi connectivity index (χ1) is 9.90. The highest BCUT2D eigenvalue weighted by atomic mass is 32.1. The third-order valence-corrected chi connectivity index (χ3v) is 5.25. The molecule has 4 nitrogen and oxygen atoms in total. The maximum absolute atomic E-state index is 4.51. The molecule has 1 saturated carbocycles. The molecule has 0 unspecified atom stereocenters. The zero-order valence-corrected chi connectivity index (χ0v) is 12.4. The summed E-state index contributed by atoms with van der Waals surface area (Å²) in [6, 6.07) is 2.85. The lowest BCUT2D eigenvalue weighted by molar-refractivity contribution is 0.408. The van der Waals surface area contributed by atoms with Crippen LogP contribution in [-0.2, 0) is 0 Å². The van der Waals surface area contributed by atoms with Crippen LogP contribution in [0.1, 0.15) is 25.7 Å². The molecule has 1 saturated heterocycles. The molecule has 2 aromatic rings. The second-order valence-corrected chi connectivity index (χ2v) is 6.84. The zero-order chi connectivity index (χ0) is 13.4. The molecule has 20 heavy (non-hydrogen) atoms. The number of hydrogen-bond donors (Lipinski definition) is 1. The van der Waals surface area contributed by atoms with E-state index in [1.807, 2.05) is 0 Å². The van der Waals surface area contributed by atoms with Gasteiger partial charge < -0.3 is 10.2 Å². The second kappa shape index (κ2) is 5.30. The summed E-state index contributed by atoms with van der Waals surface area (Å²) in [5, 5.41) is 7.04. The first-order valence-corrected chi connectivity index (χ1v) is 8.44. The summed E-state index contributed by atoms with van der Waals surface area (Å²) in [5.41, 5.74) is 0. The van der Waals surface area contributed by atoms with Crippen molar-refractivity contribution in [2.45, 2.75) is 31.7 Å². The van der Waals surface area contributed by atoms with Gasteiger partial charge in [0.2, 0.25) is 0 Å². The lowest BCUT2D eigenvalue weighted by Crippen LogP contribution is -2.43. The predicted octanol–water partition coefficient (Wildman–Crippen LogP) is 2.66. The van der Waals surface area contributed by atoms with E-state index >= 15 is 0 Å². The number of rotatable bonds is 4. The number of aromatic nitrogens is 2. The molecule has 1 N–H and O–H groups in total. The van der Waals surface area contributed by atoms with Crippen LogP contribution in [0.4, 0.5) is 5.82 Å². The minimum Gasteiger partial charge on any atom is -0.356 e. The number of hydrogen-bond acceptors (Lipinski definition) is 5. The normalized spacial score (nSPS) is 20.7. The summed E-state index contributed by atoms with van der Waals surface area (Å²) in [6.07, 6.45) is 7.02. The lowest BCUT2D eigenvalue weighted by Gasteiger charge is -2.33. The van der Waals surface area contributed by atoms with E-state index in [0.29, 0.717) is 6.04 Å². The number of anilines is 1. The molecule has 1 aliphatic heterocycles. The van der Waals surface area contributed by atoms with Gasteiger partial charge in [0.05, 0.1) is 5.39 Å². The molecule has 2 aromatic heterocycles. The van der Waals surface area contributed by atoms with Crippen LogP contribution in [-0.4, -0.2) is 35.6 Å². The van der Waals surface area contributed by atoms with Gasteiger partial charge in [-0.3, -0.25) is 0 Å². The van der Waals surface area contributed by atoms with Crippen molar-refractivity contribution >= 4 is 27.4 Å². The molecule has 0 radical (unpaired) electrons. The summed E-state index contributed by atoms with van der Waals surface area (Å²) < 4.78 is 0. The minimum atomic E-state index is 0.701. The fourth-order valence-corrected chi connectivity index (χ4v) is 3.71. The van der Waals surface area contributed by atoms with Crippen molar-refractivity contribution in [1.82, 2.24) is 15.3 Å². The Morgan fingerprint density at radius 2 is 2.05 bits per heavy atom. The summed E-state index contributed by atoms with van der Waals surface area (Å²) in [6.45, 7) is 3.43. The van der Waals surface area contributed by atoms with Crippen LogP contribution in [0.25, 0.3) is 10.2 Å². The maximum atomic E-state index is 4.51. The summed E-state index contributed by atoms with van der Waals surface area (Å²) in [7, 11) is 0. The average Bonchev–Trinajstić information content (AvgIpc) is 3.20. The largest absolute Gasteiger partial charge is 0.356 e. The standard InChI is InChI=1S/C15H20N4S/c1-2-11(1)9-16-12-3-6-19(7-4-12)14-13-5-8-20-15(13)18-10-17-14/h5,8,10-12,16H,1-4,6-7,9H2. The number of nitrogens with zero attached hydrogens (tertiary/aromatic N) is 3. The molecule has 0 amide bonds. The Balaban J connectivity index is 1.41. The molecule has 3 heterocycles. The van der Waals surface area contributed by atoms with Crippen LogP contribution >= 0.6 is 11.3 Å². The second-order valence-electron chi connectivity index (χ2n) is 5.95. The first-order valence-electron chi connectivity index (χ1n) is 7.56. The van der Waals surface area contributed by atoms with Gasteiger partial charge in [0.1, 0.15) is 17.0 Å².